The zero-order valence-corrected chi connectivity index (χ0v) is 15.8. The summed E-state index contributed by atoms with van der Waals surface area (Å²) in [5.74, 6) is 0.685. The number of aryl methyl sites for hydroxylation is 1. The molecule has 138 valence electrons. The summed E-state index contributed by atoms with van der Waals surface area (Å²) < 4.78 is 27.1. The number of unbranched alkanes of at least 4 members (excludes halogenated alkanes) is 1. The maximum atomic E-state index is 12.8. The third kappa shape index (κ3) is 5.05. The molecule has 0 N–H and O–H groups in total. The molecule has 2 fully saturated rings. The van der Waals surface area contributed by atoms with E-state index >= 15 is 0 Å². The van der Waals surface area contributed by atoms with Gasteiger partial charge in [-0.1, -0.05) is 30.6 Å². The van der Waals surface area contributed by atoms with Crippen molar-refractivity contribution in [2.45, 2.75) is 56.8 Å². The van der Waals surface area contributed by atoms with E-state index in [0.717, 1.165) is 25.0 Å². The molecule has 1 aromatic carbocycles. The van der Waals surface area contributed by atoms with Crippen LogP contribution in [0.2, 0.25) is 0 Å². The molecule has 2 aliphatic rings. The zero-order valence-electron chi connectivity index (χ0n) is 15.0. The lowest BCUT2D eigenvalue weighted by molar-refractivity contribution is 0.131. The molecule has 6 heteroatoms. The average molecular weight is 365 g/mol. The summed E-state index contributed by atoms with van der Waals surface area (Å²) in [6, 6.07) is 7.35. The van der Waals surface area contributed by atoms with Crippen molar-refractivity contribution < 1.29 is 13.3 Å². The summed E-state index contributed by atoms with van der Waals surface area (Å²) >= 11 is 0. The molecule has 1 heterocycles. The summed E-state index contributed by atoms with van der Waals surface area (Å²) in [4.78, 5) is 5.76. The van der Waals surface area contributed by atoms with Crippen LogP contribution < -0.4 is 0 Å². The molecular weight excluding hydrogens is 336 g/mol. The molecule has 1 saturated heterocycles. The van der Waals surface area contributed by atoms with Crippen molar-refractivity contribution in [3.8, 4) is 0 Å². The van der Waals surface area contributed by atoms with Crippen LogP contribution in [0, 0.1) is 5.92 Å². The molecule has 0 spiro atoms. The Labute approximate surface area is 151 Å². The predicted octanol–water partition coefficient (Wildman–Crippen LogP) is 3.60. The van der Waals surface area contributed by atoms with E-state index in [2.05, 4.69) is 12.1 Å². The monoisotopic (exact) mass is 364 g/mol. The SMILES string of the molecule is CCCCc1ccc(S(=O)(=O)N2CCC(=NOCC3CC3)CC2)cc1. The molecule has 25 heavy (non-hydrogen) atoms. The third-order valence-electron chi connectivity index (χ3n) is 4.88. The highest BCUT2D eigenvalue weighted by Gasteiger charge is 2.28. The van der Waals surface area contributed by atoms with Gasteiger partial charge in [-0.15, -0.1) is 0 Å². The number of hydrogen-bond donors (Lipinski definition) is 0. The van der Waals surface area contributed by atoms with E-state index in [1.165, 1.54) is 18.4 Å². The van der Waals surface area contributed by atoms with Crippen LogP contribution in [-0.2, 0) is 21.3 Å². The molecule has 0 amide bonds. The van der Waals surface area contributed by atoms with Gasteiger partial charge in [0.15, 0.2) is 0 Å². The molecular formula is C19H28N2O3S. The van der Waals surface area contributed by atoms with Crippen LogP contribution in [0.1, 0.15) is 51.0 Å². The van der Waals surface area contributed by atoms with Gasteiger partial charge in [0.25, 0.3) is 0 Å². The van der Waals surface area contributed by atoms with Crippen molar-refractivity contribution >= 4 is 15.7 Å². The molecule has 1 aromatic rings. The van der Waals surface area contributed by atoms with E-state index < -0.39 is 10.0 Å². The minimum absolute atomic E-state index is 0.387. The first-order valence-electron chi connectivity index (χ1n) is 9.36. The van der Waals surface area contributed by atoms with Gasteiger partial charge in [0.1, 0.15) is 6.61 Å². The Morgan fingerprint density at radius 2 is 1.84 bits per heavy atom. The second-order valence-corrected chi connectivity index (χ2v) is 8.99. The fraction of sp³-hybridized carbons (Fsp3) is 0.632. The predicted molar refractivity (Wildman–Crippen MR) is 99.2 cm³/mol. The molecule has 1 aliphatic carbocycles. The molecule has 5 nitrogen and oxygen atoms in total. The number of rotatable bonds is 8. The van der Waals surface area contributed by atoms with Crippen LogP contribution in [0.5, 0.6) is 0 Å². The van der Waals surface area contributed by atoms with Crippen LogP contribution >= 0.6 is 0 Å². The molecule has 0 radical (unpaired) electrons. The van der Waals surface area contributed by atoms with Gasteiger partial charge in [-0.3, -0.25) is 0 Å². The Kier molecular flexibility index (Phi) is 6.12. The van der Waals surface area contributed by atoms with Gasteiger partial charge in [0, 0.05) is 25.9 Å². The normalized spacial score (nSPS) is 19.0. The van der Waals surface area contributed by atoms with Gasteiger partial charge in [-0.05, 0) is 49.3 Å². The highest BCUT2D eigenvalue weighted by molar-refractivity contribution is 7.89. The van der Waals surface area contributed by atoms with Crippen molar-refractivity contribution in [3.05, 3.63) is 29.8 Å². The van der Waals surface area contributed by atoms with Crippen LogP contribution in [0.25, 0.3) is 0 Å². The topological polar surface area (TPSA) is 59.0 Å². The fourth-order valence-electron chi connectivity index (χ4n) is 2.95. The highest BCUT2D eigenvalue weighted by Crippen LogP contribution is 2.29. The molecule has 1 aliphatic heterocycles. The first-order chi connectivity index (χ1) is 12.1. The van der Waals surface area contributed by atoms with Crippen LogP contribution in [-0.4, -0.2) is 38.1 Å². The van der Waals surface area contributed by atoms with Crippen LogP contribution in [0.3, 0.4) is 0 Å². The maximum Gasteiger partial charge on any atom is 0.243 e. The smallest absolute Gasteiger partial charge is 0.243 e. The van der Waals surface area contributed by atoms with Crippen LogP contribution in [0.15, 0.2) is 34.3 Å². The van der Waals surface area contributed by atoms with E-state index in [4.69, 9.17) is 4.84 Å². The van der Waals surface area contributed by atoms with Gasteiger partial charge < -0.3 is 4.84 Å². The zero-order chi connectivity index (χ0) is 17.7. The van der Waals surface area contributed by atoms with Gasteiger partial charge in [-0.2, -0.15) is 4.31 Å². The second kappa shape index (κ2) is 8.32. The van der Waals surface area contributed by atoms with Gasteiger partial charge in [-0.25, -0.2) is 8.42 Å². The number of benzene rings is 1. The maximum absolute atomic E-state index is 12.8. The number of oxime groups is 1. The highest BCUT2D eigenvalue weighted by atomic mass is 32.2. The summed E-state index contributed by atoms with van der Waals surface area (Å²) in [6.45, 7) is 3.82. The van der Waals surface area contributed by atoms with E-state index in [0.29, 0.717) is 43.4 Å². The quantitative estimate of drug-likeness (QED) is 0.662. The summed E-state index contributed by atoms with van der Waals surface area (Å²) in [7, 11) is -3.41. The van der Waals surface area contributed by atoms with E-state index in [1.807, 2.05) is 12.1 Å². The first-order valence-corrected chi connectivity index (χ1v) is 10.8. The fourth-order valence-corrected chi connectivity index (χ4v) is 4.39. The Hall–Kier alpha value is -1.40. The lowest BCUT2D eigenvalue weighted by Crippen LogP contribution is -2.38. The van der Waals surface area contributed by atoms with Crippen molar-refractivity contribution in [3.63, 3.8) is 0 Å². The van der Waals surface area contributed by atoms with E-state index in [9.17, 15) is 8.42 Å². The van der Waals surface area contributed by atoms with E-state index in [-0.39, 0.29) is 0 Å². The summed E-state index contributed by atoms with van der Waals surface area (Å²) in [5.41, 5.74) is 2.17. The largest absolute Gasteiger partial charge is 0.396 e. The Balaban J connectivity index is 1.55. The minimum Gasteiger partial charge on any atom is -0.396 e. The number of hydrogen-bond acceptors (Lipinski definition) is 4. The van der Waals surface area contributed by atoms with Gasteiger partial charge in [0.2, 0.25) is 10.0 Å². The molecule has 0 bridgehead atoms. The third-order valence-corrected chi connectivity index (χ3v) is 6.79. The Morgan fingerprint density at radius 1 is 1.16 bits per heavy atom. The molecule has 0 aromatic heterocycles. The lowest BCUT2D eigenvalue weighted by Gasteiger charge is -2.26. The summed E-state index contributed by atoms with van der Waals surface area (Å²) in [5, 5.41) is 4.19. The Morgan fingerprint density at radius 3 is 2.44 bits per heavy atom. The van der Waals surface area contributed by atoms with Crippen molar-refractivity contribution in [1.29, 1.82) is 0 Å². The lowest BCUT2D eigenvalue weighted by atomic mass is 10.1. The van der Waals surface area contributed by atoms with Crippen molar-refractivity contribution in [2.75, 3.05) is 19.7 Å². The minimum atomic E-state index is -3.41. The Bertz CT molecular complexity index is 684. The summed E-state index contributed by atoms with van der Waals surface area (Å²) in [6.07, 6.45) is 7.06. The van der Waals surface area contributed by atoms with E-state index in [1.54, 1.807) is 16.4 Å². The standard InChI is InChI=1S/C19H28N2O3S/c1-2-3-4-16-7-9-19(10-8-16)25(22,23)21-13-11-18(12-14-21)20-24-15-17-5-6-17/h7-10,17H,2-6,11-15H2,1H3. The number of sulfonamides is 1. The number of nitrogens with zero attached hydrogens (tertiary/aromatic N) is 2. The average Bonchev–Trinajstić information content (AvgIpc) is 3.45. The molecule has 0 unspecified atom stereocenters. The molecule has 0 atom stereocenters. The number of piperidine rings is 1. The second-order valence-electron chi connectivity index (χ2n) is 7.05. The van der Waals surface area contributed by atoms with Crippen LogP contribution in [0.4, 0.5) is 0 Å². The van der Waals surface area contributed by atoms with Crippen molar-refractivity contribution in [2.24, 2.45) is 11.1 Å². The first kappa shape index (κ1) is 18.4. The van der Waals surface area contributed by atoms with Crippen molar-refractivity contribution in [1.82, 2.24) is 4.31 Å². The molecule has 1 saturated carbocycles. The van der Waals surface area contributed by atoms with Gasteiger partial charge >= 0.3 is 0 Å². The molecule has 3 rings (SSSR count). The van der Waals surface area contributed by atoms with Gasteiger partial charge in [0.05, 0.1) is 10.6 Å².